The van der Waals surface area contributed by atoms with Crippen LogP contribution in [-0.2, 0) is 14.2 Å². The Labute approximate surface area is 95.4 Å². The van der Waals surface area contributed by atoms with Crippen molar-refractivity contribution in [3.63, 3.8) is 0 Å². The summed E-state index contributed by atoms with van der Waals surface area (Å²) in [5, 5.41) is -3.22. The predicted octanol–water partition coefficient (Wildman–Crippen LogP) is 3.58. The van der Waals surface area contributed by atoms with Gasteiger partial charge in [0.05, 0.1) is 12.3 Å². The number of carbonyl (C=O) groups excluding carboxylic acids is 2. The lowest BCUT2D eigenvalue weighted by Crippen LogP contribution is -2.04. The number of ketones is 2. The Bertz CT molecular complexity index is 216. The number of hydrogen-bond acceptors (Lipinski definition) is 3. The third-order valence-electron chi connectivity index (χ3n) is 0.595. The summed E-state index contributed by atoms with van der Waals surface area (Å²) in [6.45, 7) is 1.37. The highest BCUT2D eigenvalue weighted by atomic mass is 36.0. The fourth-order valence-electron chi connectivity index (χ4n) is 0.325. The third-order valence-corrected chi connectivity index (χ3v) is 0.893. The average molecular weight is 288 g/mol. The maximum absolute atomic E-state index is 10.3. The van der Waals surface area contributed by atoms with Crippen LogP contribution in [0.5, 0.6) is 0 Å². The van der Waals surface area contributed by atoms with E-state index in [1.165, 1.54) is 6.92 Å². The van der Waals surface area contributed by atoms with Crippen LogP contribution in [0.25, 0.3) is 0 Å². The zero-order valence-corrected chi connectivity index (χ0v) is 10.5. The van der Waals surface area contributed by atoms with Crippen molar-refractivity contribution in [1.82, 2.24) is 0 Å². The Hall–Kier alpha value is 0.730. The van der Waals surface area contributed by atoms with Crippen LogP contribution in [0.3, 0.4) is 0 Å². The third kappa shape index (κ3) is 32.4. The van der Waals surface area contributed by atoms with E-state index in [0.717, 1.165) is 0 Å². The van der Waals surface area contributed by atoms with Gasteiger partial charge in [0.1, 0.15) is 5.78 Å². The van der Waals surface area contributed by atoms with E-state index in [4.69, 9.17) is 11.6 Å². The van der Waals surface area contributed by atoms with Crippen LogP contribution in [0.15, 0.2) is 0 Å². The van der Waals surface area contributed by atoms with Gasteiger partial charge in [-0.3, -0.25) is 14.2 Å². The molecule has 13 heavy (non-hydrogen) atoms. The molecule has 0 N–H and O–H groups in total. The minimum atomic E-state index is -3.22. The Kier molecular flexibility index (Phi) is 10.0. The van der Waals surface area contributed by atoms with Crippen molar-refractivity contribution in [1.29, 1.82) is 0 Å². The van der Waals surface area contributed by atoms with Crippen molar-refractivity contribution in [3.05, 3.63) is 0 Å². The Morgan fingerprint density at radius 3 is 1.62 bits per heavy atom. The molecule has 0 bridgehead atoms. The Morgan fingerprint density at radius 2 is 1.54 bits per heavy atom. The van der Waals surface area contributed by atoms with E-state index in [9.17, 15) is 14.2 Å². The lowest BCUT2D eigenvalue weighted by atomic mass is 10.2. The van der Waals surface area contributed by atoms with Gasteiger partial charge in [-0.25, -0.2) is 0 Å². The molecule has 0 aromatic carbocycles. The van der Waals surface area contributed by atoms with Crippen LogP contribution in [0.4, 0.5) is 0 Å². The van der Waals surface area contributed by atoms with Gasteiger partial charge in [0.15, 0.2) is 5.78 Å². The van der Waals surface area contributed by atoms with Gasteiger partial charge in [-0.15, -0.1) is 11.6 Å². The molecule has 0 atom stereocenters. The number of alkyl halides is 1. The highest BCUT2D eigenvalue weighted by Gasteiger charge is 2.03. The standard InChI is InChI=1S/C5H7ClO2.Cl3OP/c1-4(7)2-5(8)3-6;1-5(2,3)4/h2-3H2,1H3;. The molecule has 0 saturated heterocycles. The summed E-state index contributed by atoms with van der Waals surface area (Å²) < 4.78 is 9.51. The molecule has 0 amide bonds. The van der Waals surface area contributed by atoms with Crippen LogP contribution >= 0.6 is 50.5 Å². The molecule has 0 saturated carbocycles. The maximum Gasteiger partial charge on any atom is 0.339 e. The molecule has 0 aliphatic rings. The van der Waals surface area contributed by atoms with Crippen molar-refractivity contribution in [3.8, 4) is 0 Å². The van der Waals surface area contributed by atoms with Crippen LogP contribution in [0.1, 0.15) is 13.3 Å². The number of hydrogen-bond donors (Lipinski definition) is 0. The Morgan fingerprint density at radius 1 is 1.23 bits per heavy atom. The number of rotatable bonds is 3. The summed E-state index contributed by atoms with van der Waals surface area (Å²) in [6, 6.07) is 0. The molecule has 0 unspecified atom stereocenters. The lowest BCUT2D eigenvalue weighted by molar-refractivity contribution is -0.124. The summed E-state index contributed by atoms with van der Waals surface area (Å²) >= 11 is 18.9. The van der Waals surface area contributed by atoms with Gasteiger partial charge in [-0.2, -0.15) is 0 Å². The van der Waals surface area contributed by atoms with Crippen molar-refractivity contribution in [2.75, 3.05) is 5.88 Å². The highest BCUT2D eigenvalue weighted by Crippen LogP contribution is 2.61. The summed E-state index contributed by atoms with van der Waals surface area (Å²) in [7, 11) is 0. The largest absolute Gasteiger partial charge is 0.339 e. The summed E-state index contributed by atoms with van der Waals surface area (Å²) in [5.41, 5.74) is 0. The van der Waals surface area contributed by atoms with E-state index in [-0.39, 0.29) is 23.9 Å². The molecule has 0 aliphatic carbocycles. The minimum absolute atomic E-state index is 0.0243. The molecule has 0 heterocycles. The summed E-state index contributed by atoms with van der Waals surface area (Å²) in [5.74, 6) is -0.394. The average Bonchev–Trinajstić information content (AvgIpc) is 1.82. The molecule has 0 aromatic rings. The van der Waals surface area contributed by atoms with Gasteiger partial charge in [-0.05, 0) is 40.6 Å². The second-order valence-corrected chi connectivity index (χ2v) is 8.86. The smallest absolute Gasteiger partial charge is 0.300 e. The van der Waals surface area contributed by atoms with Gasteiger partial charge in [0.25, 0.3) is 0 Å². The molecule has 0 spiro atoms. The van der Waals surface area contributed by atoms with Crippen LogP contribution < -0.4 is 0 Å². The zero-order valence-electron chi connectivity index (χ0n) is 6.60. The van der Waals surface area contributed by atoms with E-state index in [1.807, 2.05) is 0 Å². The normalized spacial score (nSPS) is 9.92. The van der Waals surface area contributed by atoms with E-state index in [2.05, 4.69) is 33.7 Å². The van der Waals surface area contributed by atoms with Crippen LogP contribution in [0, 0.1) is 0 Å². The molecule has 8 heteroatoms. The van der Waals surface area contributed by atoms with E-state index < -0.39 is 5.20 Å². The number of halogens is 4. The fourth-order valence-corrected chi connectivity index (χ4v) is 0.419. The Balaban J connectivity index is 0. The first kappa shape index (κ1) is 16.2. The van der Waals surface area contributed by atoms with Crippen LogP contribution in [0.2, 0.25) is 0 Å². The van der Waals surface area contributed by atoms with E-state index in [0.29, 0.717) is 0 Å². The second kappa shape index (κ2) is 8.07. The molecule has 3 nitrogen and oxygen atoms in total. The van der Waals surface area contributed by atoms with Gasteiger partial charge in [-0.1, -0.05) is 0 Å². The minimum Gasteiger partial charge on any atom is -0.300 e. The molecule has 0 aliphatic heterocycles. The van der Waals surface area contributed by atoms with Crippen molar-refractivity contribution < 1.29 is 14.2 Å². The number of Topliss-reactive ketones (excluding diaryl/α,β-unsaturated/α-hetero) is 2. The van der Waals surface area contributed by atoms with Gasteiger partial charge in [0, 0.05) is 0 Å². The fraction of sp³-hybridized carbons (Fsp3) is 0.600. The molecular weight excluding hydrogens is 281 g/mol. The monoisotopic (exact) mass is 286 g/mol. The first-order valence-corrected chi connectivity index (χ1v) is 7.88. The highest BCUT2D eigenvalue weighted by molar-refractivity contribution is 8.24. The van der Waals surface area contributed by atoms with E-state index in [1.54, 1.807) is 0 Å². The van der Waals surface area contributed by atoms with Crippen molar-refractivity contribution in [2.45, 2.75) is 13.3 Å². The molecule has 78 valence electrons. The second-order valence-electron chi connectivity index (χ2n) is 1.95. The molecule has 0 radical (unpaired) electrons. The summed E-state index contributed by atoms with van der Waals surface area (Å²) in [6.07, 6.45) is -0.0243. The molecule has 0 aromatic heterocycles. The first-order valence-electron chi connectivity index (χ1n) is 2.93. The van der Waals surface area contributed by atoms with Gasteiger partial charge < -0.3 is 0 Å². The quantitative estimate of drug-likeness (QED) is 0.453. The molecular formula is C5H7Cl4O3P. The molecule has 0 fully saturated rings. The van der Waals surface area contributed by atoms with E-state index >= 15 is 0 Å². The molecule has 0 rings (SSSR count). The van der Waals surface area contributed by atoms with Crippen molar-refractivity contribution >= 4 is 62.1 Å². The summed E-state index contributed by atoms with van der Waals surface area (Å²) in [4.78, 5) is 20.4. The number of carbonyl (C=O) groups is 2. The first-order chi connectivity index (χ1) is 5.66. The van der Waals surface area contributed by atoms with Crippen molar-refractivity contribution in [2.24, 2.45) is 0 Å². The SMILES string of the molecule is CC(=O)CC(=O)CCl.O=P(Cl)(Cl)Cl. The topological polar surface area (TPSA) is 51.2 Å². The maximum atomic E-state index is 10.3. The van der Waals surface area contributed by atoms with Gasteiger partial charge in [0.2, 0.25) is 0 Å². The lowest BCUT2D eigenvalue weighted by Gasteiger charge is -1.86. The zero-order chi connectivity index (χ0) is 11.1. The van der Waals surface area contributed by atoms with Crippen LogP contribution in [-0.4, -0.2) is 17.4 Å². The van der Waals surface area contributed by atoms with Gasteiger partial charge >= 0.3 is 5.20 Å². The predicted molar refractivity (Wildman–Crippen MR) is 56.2 cm³/mol.